The molecule has 0 aliphatic carbocycles. The minimum absolute atomic E-state index is 0.0154. The van der Waals surface area contributed by atoms with Crippen LogP contribution in [0.4, 0.5) is 11.4 Å². The number of para-hydroxylation sites is 2. The molecule has 8 nitrogen and oxygen atoms in total. The van der Waals surface area contributed by atoms with Crippen LogP contribution in [0.25, 0.3) is 5.69 Å². The van der Waals surface area contributed by atoms with Crippen molar-refractivity contribution in [2.24, 2.45) is 0 Å². The summed E-state index contributed by atoms with van der Waals surface area (Å²) in [6, 6.07) is 12.7. The SMILES string of the molecule is O=C1CCc2cc(OCC(=O)Nc3ccccc3-n3cncn3)ccc2N1. The van der Waals surface area contributed by atoms with E-state index in [4.69, 9.17) is 4.74 Å². The average Bonchev–Trinajstić information content (AvgIpc) is 3.21. The number of nitrogens with one attached hydrogen (secondary N) is 2. The quantitative estimate of drug-likeness (QED) is 0.724. The van der Waals surface area contributed by atoms with Crippen LogP contribution in [0.3, 0.4) is 0 Å². The monoisotopic (exact) mass is 363 g/mol. The maximum absolute atomic E-state index is 12.3. The van der Waals surface area contributed by atoms with Crippen molar-refractivity contribution in [1.29, 1.82) is 0 Å². The van der Waals surface area contributed by atoms with Gasteiger partial charge >= 0.3 is 0 Å². The van der Waals surface area contributed by atoms with Crippen molar-refractivity contribution in [2.75, 3.05) is 17.2 Å². The molecule has 0 radical (unpaired) electrons. The van der Waals surface area contributed by atoms with Crippen LogP contribution >= 0.6 is 0 Å². The highest BCUT2D eigenvalue weighted by Crippen LogP contribution is 2.27. The smallest absolute Gasteiger partial charge is 0.262 e. The van der Waals surface area contributed by atoms with Gasteiger partial charge in [-0.2, -0.15) is 5.10 Å². The Morgan fingerprint density at radius 3 is 2.96 bits per heavy atom. The Kier molecular flexibility index (Phi) is 4.52. The van der Waals surface area contributed by atoms with Crippen LogP contribution in [0.1, 0.15) is 12.0 Å². The van der Waals surface area contributed by atoms with E-state index >= 15 is 0 Å². The highest BCUT2D eigenvalue weighted by molar-refractivity contribution is 5.94. The minimum atomic E-state index is -0.284. The number of amides is 2. The Bertz CT molecular complexity index is 985. The first-order chi connectivity index (χ1) is 13.2. The van der Waals surface area contributed by atoms with Gasteiger partial charge in [0.25, 0.3) is 5.91 Å². The number of nitrogens with zero attached hydrogens (tertiary/aromatic N) is 3. The van der Waals surface area contributed by atoms with Gasteiger partial charge in [-0.3, -0.25) is 9.59 Å². The molecule has 1 aliphatic rings. The zero-order valence-corrected chi connectivity index (χ0v) is 14.4. The van der Waals surface area contributed by atoms with Gasteiger partial charge in [-0.15, -0.1) is 0 Å². The zero-order valence-electron chi connectivity index (χ0n) is 14.4. The van der Waals surface area contributed by atoms with E-state index in [2.05, 4.69) is 20.7 Å². The molecular formula is C19H17N5O3. The predicted molar refractivity (Wildman–Crippen MR) is 98.9 cm³/mol. The van der Waals surface area contributed by atoms with Gasteiger partial charge < -0.3 is 15.4 Å². The van der Waals surface area contributed by atoms with Crippen LogP contribution in [-0.4, -0.2) is 33.2 Å². The van der Waals surface area contributed by atoms with Crippen molar-refractivity contribution >= 4 is 23.2 Å². The number of carbonyl (C=O) groups excluding carboxylic acids is 2. The lowest BCUT2D eigenvalue weighted by Gasteiger charge is -2.17. The molecule has 0 fully saturated rings. The summed E-state index contributed by atoms with van der Waals surface area (Å²) >= 11 is 0. The summed E-state index contributed by atoms with van der Waals surface area (Å²) in [5, 5.41) is 9.73. The fraction of sp³-hybridized carbons (Fsp3) is 0.158. The Balaban J connectivity index is 1.40. The summed E-state index contributed by atoms with van der Waals surface area (Å²) in [7, 11) is 0. The van der Waals surface area contributed by atoms with Gasteiger partial charge in [-0.1, -0.05) is 12.1 Å². The summed E-state index contributed by atoms with van der Waals surface area (Å²) in [5.74, 6) is 0.319. The molecule has 0 bridgehead atoms. The Labute approximate surface area is 155 Å². The van der Waals surface area contributed by atoms with E-state index in [0.29, 0.717) is 30.0 Å². The molecule has 2 heterocycles. The number of aryl methyl sites for hydroxylation is 1. The first-order valence-corrected chi connectivity index (χ1v) is 8.48. The van der Waals surface area contributed by atoms with Gasteiger partial charge in [0.1, 0.15) is 18.4 Å². The molecule has 3 aromatic rings. The minimum Gasteiger partial charge on any atom is -0.484 e. The van der Waals surface area contributed by atoms with Gasteiger partial charge in [0.2, 0.25) is 5.91 Å². The van der Waals surface area contributed by atoms with Crippen LogP contribution in [0.15, 0.2) is 55.1 Å². The Hall–Kier alpha value is -3.68. The first-order valence-electron chi connectivity index (χ1n) is 8.48. The molecule has 8 heteroatoms. The first kappa shape index (κ1) is 16.8. The fourth-order valence-electron chi connectivity index (χ4n) is 2.90. The molecule has 1 aromatic heterocycles. The van der Waals surface area contributed by atoms with E-state index in [-0.39, 0.29) is 18.4 Å². The third-order valence-electron chi connectivity index (χ3n) is 4.19. The topological polar surface area (TPSA) is 98.1 Å². The van der Waals surface area contributed by atoms with Crippen LogP contribution in [-0.2, 0) is 16.0 Å². The molecule has 27 heavy (non-hydrogen) atoms. The number of aromatic nitrogens is 3. The summed E-state index contributed by atoms with van der Waals surface area (Å²) in [5.41, 5.74) is 3.13. The Morgan fingerprint density at radius 2 is 2.11 bits per heavy atom. The highest BCUT2D eigenvalue weighted by atomic mass is 16.5. The van der Waals surface area contributed by atoms with E-state index in [0.717, 1.165) is 11.3 Å². The van der Waals surface area contributed by atoms with Crippen molar-refractivity contribution < 1.29 is 14.3 Å². The number of hydrogen-bond donors (Lipinski definition) is 2. The molecule has 0 saturated heterocycles. The maximum atomic E-state index is 12.3. The zero-order chi connectivity index (χ0) is 18.6. The van der Waals surface area contributed by atoms with Crippen LogP contribution in [0.5, 0.6) is 5.75 Å². The standard InChI is InChI=1S/C19H17N5O3/c25-18-8-5-13-9-14(6-7-15(13)22-18)27-10-19(26)23-16-3-1-2-4-17(16)24-12-20-11-21-24/h1-4,6-7,9,11-12H,5,8,10H2,(H,22,25)(H,23,26). The number of fused-ring (bicyclic) bond motifs is 1. The normalized spacial score (nSPS) is 12.8. The van der Waals surface area contributed by atoms with E-state index in [1.54, 1.807) is 29.2 Å². The second kappa shape index (κ2) is 7.28. The molecule has 0 atom stereocenters. The maximum Gasteiger partial charge on any atom is 0.262 e. The average molecular weight is 363 g/mol. The molecule has 2 amide bonds. The van der Waals surface area contributed by atoms with Crippen molar-refractivity contribution in [1.82, 2.24) is 14.8 Å². The third kappa shape index (κ3) is 3.79. The molecular weight excluding hydrogens is 346 g/mol. The van der Waals surface area contributed by atoms with Crippen molar-refractivity contribution in [3.8, 4) is 11.4 Å². The molecule has 1 aliphatic heterocycles. The van der Waals surface area contributed by atoms with E-state index in [9.17, 15) is 9.59 Å². The summed E-state index contributed by atoms with van der Waals surface area (Å²) in [6.45, 7) is -0.128. The molecule has 0 spiro atoms. The predicted octanol–water partition coefficient (Wildman–Crippen LogP) is 2.17. The van der Waals surface area contributed by atoms with Gasteiger partial charge in [-0.25, -0.2) is 9.67 Å². The van der Waals surface area contributed by atoms with Gasteiger partial charge in [0.15, 0.2) is 6.61 Å². The lowest BCUT2D eigenvalue weighted by Crippen LogP contribution is -2.22. The Morgan fingerprint density at radius 1 is 1.22 bits per heavy atom. The number of ether oxygens (including phenoxy) is 1. The van der Waals surface area contributed by atoms with Crippen molar-refractivity contribution in [2.45, 2.75) is 12.8 Å². The molecule has 136 valence electrons. The highest BCUT2D eigenvalue weighted by Gasteiger charge is 2.15. The number of hydrogen-bond acceptors (Lipinski definition) is 5. The van der Waals surface area contributed by atoms with E-state index in [1.807, 2.05) is 24.3 Å². The summed E-state index contributed by atoms with van der Waals surface area (Å²) < 4.78 is 7.18. The second-order valence-corrected chi connectivity index (χ2v) is 6.06. The molecule has 2 aromatic carbocycles. The van der Waals surface area contributed by atoms with Crippen LogP contribution < -0.4 is 15.4 Å². The van der Waals surface area contributed by atoms with Crippen molar-refractivity contribution in [3.05, 3.63) is 60.7 Å². The molecule has 0 unspecified atom stereocenters. The van der Waals surface area contributed by atoms with E-state index < -0.39 is 0 Å². The van der Waals surface area contributed by atoms with Crippen LogP contribution in [0.2, 0.25) is 0 Å². The number of anilines is 2. The van der Waals surface area contributed by atoms with Gasteiger partial charge in [0, 0.05) is 12.1 Å². The molecule has 2 N–H and O–H groups in total. The second-order valence-electron chi connectivity index (χ2n) is 6.06. The van der Waals surface area contributed by atoms with E-state index in [1.165, 1.54) is 6.33 Å². The van der Waals surface area contributed by atoms with Crippen LogP contribution in [0, 0.1) is 0 Å². The molecule has 4 rings (SSSR count). The largest absolute Gasteiger partial charge is 0.484 e. The van der Waals surface area contributed by atoms with Gasteiger partial charge in [-0.05, 0) is 42.3 Å². The molecule has 0 saturated carbocycles. The summed E-state index contributed by atoms with van der Waals surface area (Å²) in [6.07, 6.45) is 4.11. The summed E-state index contributed by atoms with van der Waals surface area (Å²) in [4.78, 5) is 27.6. The third-order valence-corrected chi connectivity index (χ3v) is 4.19. The lowest BCUT2D eigenvalue weighted by atomic mass is 10.0. The number of benzene rings is 2. The lowest BCUT2D eigenvalue weighted by molar-refractivity contribution is -0.118. The van der Waals surface area contributed by atoms with Gasteiger partial charge in [0.05, 0.1) is 11.4 Å². The fourth-order valence-corrected chi connectivity index (χ4v) is 2.90. The number of carbonyl (C=O) groups is 2. The van der Waals surface area contributed by atoms with Crippen molar-refractivity contribution in [3.63, 3.8) is 0 Å². The number of rotatable bonds is 5.